The molecule has 1 aliphatic rings. The highest BCUT2D eigenvalue weighted by Crippen LogP contribution is 2.32. The fourth-order valence-corrected chi connectivity index (χ4v) is 4.22. The minimum atomic E-state index is -0.445. The van der Waals surface area contributed by atoms with Crippen LogP contribution >= 0.6 is 23.2 Å². The van der Waals surface area contributed by atoms with Crippen molar-refractivity contribution in [1.82, 2.24) is 14.7 Å². The smallest absolute Gasteiger partial charge is 0.294 e. The van der Waals surface area contributed by atoms with Crippen LogP contribution in [0.3, 0.4) is 0 Å². The number of carbonyl (C=O) groups is 1. The van der Waals surface area contributed by atoms with Crippen molar-refractivity contribution in [3.63, 3.8) is 0 Å². The third-order valence-corrected chi connectivity index (χ3v) is 5.84. The lowest BCUT2D eigenvalue weighted by Gasteiger charge is -2.35. The molecule has 1 amide bonds. The third-order valence-electron chi connectivity index (χ3n) is 5.26. The zero-order chi connectivity index (χ0) is 22.1. The van der Waals surface area contributed by atoms with Crippen LogP contribution in [0.2, 0.25) is 10.2 Å². The van der Waals surface area contributed by atoms with Gasteiger partial charge in [0.1, 0.15) is 10.8 Å². The highest BCUT2D eigenvalue weighted by molar-refractivity contribution is 6.33. The number of nitro benzene ring substituents is 1. The van der Waals surface area contributed by atoms with E-state index >= 15 is 0 Å². The molecule has 3 aromatic rings. The van der Waals surface area contributed by atoms with Crippen molar-refractivity contribution in [3.8, 4) is 5.69 Å². The first-order valence-electron chi connectivity index (χ1n) is 9.65. The molecule has 0 unspecified atom stereocenters. The summed E-state index contributed by atoms with van der Waals surface area (Å²) in [6.45, 7) is 3.48. The monoisotopic (exact) mass is 459 g/mol. The average molecular weight is 460 g/mol. The first-order valence-corrected chi connectivity index (χ1v) is 10.4. The number of hydrogen-bond acceptors (Lipinski definition) is 5. The van der Waals surface area contributed by atoms with Crippen molar-refractivity contribution in [2.75, 3.05) is 31.1 Å². The number of nitro groups is 1. The predicted octanol–water partition coefficient (Wildman–Crippen LogP) is 4.36. The van der Waals surface area contributed by atoms with Crippen LogP contribution in [0.4, 0.5) is 11.4 Å². The van der Waals surface area contributed by atoms with Gasteiger partial charge < -0.3 is 9.80 Å². The molecular formula is C21H19Cl2N5O3. The molecule has 160 valence electrons. The summed E-state index contributed by atoms with van der Waals surface area (Å²) in [5.41, 5.74) is 2.14. The number of para-hydroxylation sites is 1. The first kappa shape index (κ1) is 21.1. The molecular weight excluding hydrogens is 441 g/mol. The molecule has 0 bridgehead atoms. The van der Waals surface area contributed by atoms with Gasteiger partial charge in [0.15, 0.2) is 0 Å². The number of nitrogens with zero attached hydrogens (tertiary/aromatic N) is 5. The second-order valence-corrected chi connectivity index (χ2v) is 7.96. The Hall–Kier alpha value is -3.10. The molecule has 0 N–H and O–H groups in total. The van der Waals surface area contributed by atoms with E-state index in [4.69, 9.17) is 23.2 Å². The van der Waals surface area contributed by atoms with Gasteiger partial charge in [0.2, 0.25) is 0 Å². The van der Waals surface area contributed by atoms with E-state index in [2.05, 4.69) is 5.10 Å². The van der Waals surface area contributed by atoms with Crippen LogP contribution in [-0.4, -0.2) is 51.7 Å². The average Bonchev–Trinajstić information content (AvgIpc) is 3.08. The van der Waals surface area contributed by atoms with Crippen LogP contribution in [0.15, 0.2) is 48.5 Å². The molecule has 1 fully saturated rings. The van der Waals surface area contributed by atoms with Crippen LogP contribution in [0.25, 0.3) is 5.69 Å². The van der Waals surface area contributed by atoms with Gasteiger partial charge in [0.05, 0.1) is 21.9 Å². The van der Waals surface area contributed by atoms with Gasteiger partial charge in [0, 0.05) is 37.3 Å². The fraction of sp³-hybridized carbons (Fsp3) is 0.238. The fourth-order valence-electron chi connectivity index (χ4n) is 3.70. The van der Waals surface area contributed by atoms with Gasteiger partial charge in [-0.25, -0.2) is 4.68 Å². The van der Waals surface area contributed by atoms with Crippen molar-refractivity contribution in [2.45, 2.75) is 6.92 Å². The van der Waals surface area contributed by atoms with Gasteiger partial charge in [-0.15, -0.1) is 0 Å². The highest BCUT2D eigenvalue weighted by atomic mass is 35.5. The summed E-state index contributed by atoms with van der Waals surface area (Å²) < 4.78 is 1.55. The molecule has 10 heteroatoms. The van der Waals surface area contributed by atoms with Crippen LogP contribution in [0.1, 0.15) is 16.1 Å². The van der Waals surface area contributed by atoms with Gasteiger partial charge in [-0.1, -0.05) is 41.4 Å². The van der Waals surface area contributed by atoms with E-state index in [1.807, 2.05) is 35.2 Å². The predicted molar refractivity (Wildman–Crippen MR) is 120 cm³/mol. The zero-order valence-corrected chi connectivity index (χ0v) is 18.2. The molecule has 0 aliphatic carbocycles. The number of piperazine rings is 1. The minimum absolute atomic E-state index is 0.0460. The summed E-state index contributed by atoms with van der Waals surface area (Å²) in [6.07, 6.45) is 0. The number of rotatable bonds is 4. The topological polar surface area (TPSA) is 84.5 Å². The third kappa shape index (κ3) is 4.08. The van der Waals surface area contributed by atoms with Crippen LogP contribution in [-0.2, 0) is 0 Å². The molecule has 4 rings (SSSR count). The lowest BCUT2D eigenvalue weighted by Crippen LogP contribution is -2.49. The van der Waals surface area contributed by atoms with Gasteiger partial charge in [-0.3, -0.25) is 14.9 Å². The van der Waals surface area contributed by atoms with E-state index < -0.39 is 4.92 Å². The standard InChI is InChI=1S/C21H19Cl2N5O3/c1-14-19(20(23)27(24-14)16-5-3-2-4-6-16)21(29)26-11-9-25(10-12-26)17-8-7-15(22)13-18(17)28(30)31/h2-8,13H,9-12H2,1H3. The number of benzene rings is 2. The van der Waals surface area contributed by atoms with Gasteiger partial charge in [0.25, 0.3) is 11.6 Å². The second kappa shape index (κ2) is 8.56. The van der Waals surface area contributed by atoms with Gasteiger partial charge in [-0.05, 0) is 31.2 Å². The minimum Gasteiger partial charge on any atom is -0.362 e. The van der Waals surface area contributed by atoms with E-state index in [0.717, 1.165) is 5.69 Å². The lowest BCUT2D eigenvalue weighted by atomic mass is 10.2. The number of anilines is 1. The zero-order valence-electron chi connectivity index (χ0n) is 16.7. The summed E-state index contributed by atoms with van der Waals surface area (Å²) in [7, 11) is 0. The Morgan fingerprint density at radius 2 is 1.74 bits per heavy atom. The number of aromatic nitrogens is 2. The summed E-state index contributed by atoms with van der Waals surface area (Å²) in [6, 6.07) is 14.0. The number of aryl methyl sites for hydroxylation is 1. The number of halogens is 2. The Labute approximate surface area is 188 Å². The number of amides is 1. The van der Waals surface area contributed by atoms with Crippen LogP contribution < -0.4 is 4.90 Å². The molecule has 1 aliphatic heterocycles. The SMILES string of the molecule is Cc1nn(-c2ccccc2)c(Cl)c1C(=O)N1CCN(c2ccc(Cl)cc2[N+](=O)[O-])CC1. The van der Waals surface area contributed by atoms with Crippen LogP contribution in [0.5, 0.6) is 0 Å². The Bertz CT molecular complexity index is 1140. The Morgan fingerprint density at radius 3 is 2.39 bits per heavy atom. The maximum atomic E-state index is 13.2. The molecule has 1 saturated heterocycles. The van der Waals surface area contributed by atoms with Gasteiger partial charge in [-0.2, -0.15) is 5.10 Å². The van der Waals surface area contributed by atoms with E-state index in [0.29, 0.717) is 48.1 Å². The van der Waals surface area contributed by atoms with Crippen LogP contribution in [0, 0.1) is 17.0 Å². The molecule has 1 aromatic heterocycles. The van der Waals surface area contributed by atoms with E-state index in [9.17, 15) is 14.9 Å². The maximum Gasteiger partial charge on any atom is 0.294 e. The summed E-state index contributed by atoms with van der Waals surface area (Å²) in [5.74, 6) is -0.199. The van der Waals surface area contributed by atoms with Crippen molar-refractivity contribution >= 4 is 40.5 Å². The molecule has 2 aromatic carbocycles. The molecule has 8 nitrogen and oxygen atoms in total. The Kier molecular flexibility index (Phi) is 5.84. The highest BCUT2D eigenvalue weighted by Gasteiger charge is 2.30. The molecule has 0 saturated carbocycles. The van der Waals surface area contributed by atoms with Crippen molar-refractivity contribution in [1.29, 1.82) is 0 Å². The van der Waals surface area contributed by atoms with E-state index in [1.54, 1.807) is 28.6 Å². The van der Waals surface area contributed by atoms with E-state index in [-0.39, 0.29) is 16.7 Å². The summed E-state index contributed by atoms with van der Waals surface area (Å²) in [4.78, 5) is 27.7. The Morgan fingerprint density at radius 1 is 1.06 bits per heavy atom. The maximum absolute atomic E-state index is 13.2. The van der Waals surface area contributed by atoms with Gasteiger partial charge >= 0.3 is 0 Å². The molecule has 31 heavy (non-hydrogen) atoms. The quantitative estimate of drug-likeness (QED) is 0.427. The van der Waals surface area contributed by atoms with Crippen molar-refractivity contribution in [3.05, 3.63) is 80.1 Å². The van der Waals surface area contributed by atoms with Crippen molar-refractivity contribution < 1.29 is 9.72 Å². The lowest BCUT2D eigenvalue weighted by molar-refractivity contribution is -0.384. The summed E-state index contributed by atoms with van der Waals surface area (Å²) >= 11 is 12.4. The van der Waals surface area contributed by atoms with Crippen molar-refractivity contribution in [2.24, 2.45) is 0 Å². The molecule has 0 atom stereocenters. The summed E-state index contributed by atoms with van der Waals surface area (Å²) in [5, 5.41) is 16.4. The van der Waals surface area contributed by atoms with E-state index in [1.165, 1.54) is 6.07 Å². The second-order valence-electron chi connectivity index (χ2n) is 7.17. The number of hydrogen-bond donors (Lipinski definition) is 0. The normalized spacial score (nSPS) is 14.0. The number of carbonyl (C=O) groups excluding carboxylic acids is 1. The Balaban J connectivity index is 1.52. The molecule has 0 spiro atoms. The first-order chi connectivity index (χ1) is 14.9. The largest absolute Gasteiger partial charge is 0.362 e. The molecule has 2 heterocycles. The molecule has 0 radical (unpaired) electrons.